The van der Waals surface area contributed by atoms with Gasteiger partial charge >= 0.3 is 0 Å². The zero-order chi connectivity index (χ0) is 14.7. The van der Waals surface area contributed by atoms with Crippen LogP contribution in [0.3, 0.4) is 0 Å². The molecule has 1 atom stereocenters. The van der Waals surface area contributed by atoms with E-state index in [0.29, 0.717) is 12.0 Å². The largest absolute Gasteiger partial charge is 0.376 e. The lowest BCUT2D eigenvalue weighted by Gasteiger charge is -2.29. The maximum absolute atomic E-state index is 5.99. The van der Waals surface area contributed by atoms with Crippen LogP contribution in [0.5, 0.6) is 0 Å². The fourth-order valence-electron chi connectivity index (χ4n) is 2.95. The van der Waals surface area contributed by atoms with Crippen molar-refractivity contribution in [3.05, 3.63) is 36.0 Å². The second-order valence-electron chi connectivity index (χ2n) is 5.65. The first-order chi connectivity index (χ1) is 10.3. The fraction of sp³-hybridized carbons (Fsp3) is 0.471. The molecule has 1 unspecified atom stereocenters. The second kappa shape index (κ2) is 6.63. The lowest BCUT2D eigenvalue weighted by molar-refractivity contribution is 0.0216. The number of aromatic nitrogens is 1. The minimum absolute atomic E-state index is 0.329. The van der Waals surface area contributed by atoms with Gasteiger partial charge in [0, 0.05) is 31.3 Å². The summed E-state index contributed by atoms with van der Waals surface area (Å²) in [6, 6.07) is 10.3. The van der Waals surface area contributed by atoms with E-state index in [1.807, 2.05) is 12.1 Å². The van der Waals surface area contributed by atoms with Crippen LogP contribution in [0.25, 0.3) is 10.9 Å². The highest BCUT2D eigenvalue weighted by Crippen LogP contribution is 2.27. The van der Waals surface area contributed by atoms with E-state index in [1.165, 1.54) is 23.9 Å². The molecule has 3 rings (SSSR count). The monoisotopic (exact) mass is 304 g/mol. The number of benzene rings is 1. The van der Waals surface area contributed by atoms with Gasteiger partial charge in [-0.15, -0.1) is 11.6 Å². The topological polar surface area (TPSA) is 25.4 Å². The number of likely N-dealkylation sites (N-methyl/N-ethyl adjacent to an activating group) is 1. The van der Waals surface area contributed by atoms with E-state index >= 15 is 0 Å². The average molecular weight is 305 g/mol. The summed E-state index contributed by atoms with van der Waals surface area (Å²) in [6.07, 6.45) is 3.93. The molecule has 4 heteroatoms. The highest BCUT2D eigenvalue weighted by molar-refractivity contribution is 6.17. The Balaban J connectivity index is 1.90. The third-order valence-corrected chi connectivity index (χ3v) is 4.32. The van der Waals surface area contributed by atoms with Gasteiger partial charge in [-0.05, 0) is 31.4 Å². The molecule has 1 aromatic carbocycles. The van der Waals surface area contributed by atoms with Crippen molar-refractivity contribution in [2.45, 2.75) is 31.2 Å². The molecule has 0 bridgehead atoms. The number of fused-ring (bicyclic) bond motifs is 1. The third-order valence-electron chi connectivity index (χ3n) is 4.05. The average Bonchev–Trinajstić information content (AvgIpc) is 2.54. The molecule has 21 heavy (non-hydrogen) atoms. The van der Waals surface area contributed by atoms with Crippen LogP contribution < -0.4 is 4.90 Å². The molecule has 2 heterocycles. The summed E-state index contributed by atoms with van der Waals surface area (Å²) in [6.45, 7) is 1.80. The summed E-state index contributed by atoms with van der Waals surface area (Å²) in [5, 5.41) is 1.17. The first-order valence-corrected chi connectivity index (χ1v) is 8.09. The minimum atomic E-state index is 0.329. The van der Waals surface area contributed by atoms with Gasteiger partial charge in [0.1, 0.15) is 0 Å². The maximum atomic E-state index is 5.99. The van der Waals surface area contributed by atoms with Gasteiger partial charge in [0.2, 0.25) is 0 Å². The Hall–Kier alpha value is -1.32. The quantitative estimate of drug-likeness (QED) is 0.799. The minimum Gasteiger partial charge on any atom is -0.376 e. The molecule has 1 fully saturated rings. The summed E-state index contributed by atoms with van der Waals surface area (Å²) in [4.78, 5) is 6.87. The number of hydrogen-bond acceptors (Lipinski definition) is 3. The SMILES string of the molecule is CN(CC1CCCCO1)c1cc(CCl)nc2ccccc12. The standard InChI is InChI=1S/C17H21ClN2O/c1-20(12-14-6-4-5-9-21-14)17-10-13(11-18)19-16-8-3-2-7-15(16)17/h2-3,7-8,10,14H,4-6,9,11-12H2,1H3. The number of hydrogen-bond donors (Lipinski definition) is 0. The van der Waals surface area contributed by atoms with E-state index in [4.69, 9.17) is 16.3 Å². The smallest absolute Gasteiger partial charge is 0.0749 e. The van der Waals surface area contributed by atoms with Crippen LogP contribution in [0.1, 0.15) is 25.0 Å². The number of ether oxygens (including phenoxy) is 1. The maximum Gasteiger partial charge on any atom is 0.0749 e. The van der Waals surface area contributed by atoms with Gasteiger partial charge in [-0.2, -0.15) is 0 Å². The highest BCUT2D eigenvalue weighted by Gasteiger charge is 2.17. The van der Waals surface area contributed by atoms with E-state index in [0.717, 1.165) is 30.8 Å². The molecular formula is C17H21ClN2O. The van der Waals surface area contributed by atoms with Crippen molar-refractivity contribution in [1.82, 2.24) is 4.98 Å². The van der Waals surface area contributed by atoms with Crippen molar-refractivity contribution < 1.29 is 4.74 Å². The number of halogens is 1. The van der Waals surface area contributed by atoms with Crippen molar-refractivity contribution in [3.63, 3.8) is 0 Å². The number of rotatable bonds is 4. The number of nitrogens with zero attached hydrogens (tertiary/aromatic N) is 2. The van der Waals surface area contributed by atoms with Crippen LogP contribution in [0.2, 0.25) is 0 Å². The third kappa shape index (κ3) is 3.30. The van der Waals surface area contributed by atoms with Crippen molar-refractivity contribution in [2.75, 3.05) is 25.1 Å². The van der Waals surface area contributed by atoms with Gasteiger partial charge in [0.05, 0.1) is 23.2 Å². The van der Waals surface area contributed by atoms with Crippen LogP contribution in [0.15, 0.2) is 30.3 Å². The van der Waals surface area contributed by atoms with E-state index in [2.05, 4.69) is 35.1 Å². The highest BCUT2D eigenvalue weighted by atomic mass is 35.5. The molecule has 0 saturated carbocycles. The number of anilines is 1. The molecule has 0 spiro atoms. The predicted molar refractivity (Wildman–Crippen MR) is 88.2 cm³/mol. The first-order valence-electron chi connectivity index (χ1n) is 7.55. The van der Waals surface area contributed by atoms with Gasteiger partial charge in [-0.1, -0.05) is 18.2 Å². The lowest BCUT2D eigenvalue weighted by Crippen LogP contribution is -2.33. The molecular weight excluding hydrogens is 284 g/mol. The van der Waals surface area contributed by atoms with Crippen LogP contribution in [-0.2, 0) is 10.6 Å². The molecule has 1 aliphatic rings. The Kier molecular flexibility index (Phi) is 4.61. The van der Waals surface area contributed by atoms with Crippen LogP contribution in [-0.4, -0.2) is 31.3 Å². The summed E-state index contributed by atoms with van der Waals surface area (Å²) in [5.41, 5.74) is 3.11. The molecule has 1 aromatic heterocycles. The first kappa shape index (κ1) is 14.6. The van der Waals surface area contributed by atoms with Gasteiger partial charge in [-0.25, -0.2) is 0 Å². The van der Waals surface area contributed by atoms with Crippen LogP contribution >= 0.6 is 11.6 Å². The molecule has 0 radical (unpaired) electrons. The van der Waals surface area contributed by atoms with Crippen molar-refractivity contribution in [2.24, 2.45) is 0 Å². The van der Waals surface area contributed by atoms with E-state index in [-0.39, 0.29) is 0 Å². The van der Waals surface area contributed by atoms with Gasteiger partial charge in [0.25, 0.3) is 0 Å². The van der Waals surface area contributed by atoms with E-state index in [9.17, 15) is 0 Å². The molecule has 1 saturated heterocycles. The van der Waals surface area contributed by atoms with Gasteiger partial charge < -0.3 is 9.64 Å². The Morgan fingerprint density at radius 1 is 1.33 bits per heavy atom. The molecule has 112 valence electrons. The van der Waals surface area contributed by atoms with Crippen LogP contribution in [0.4, 0.5) is 5.69 Å². The summed E-state index contributed by atoms with van der Waals surface area (Å²) >= 11 is 5.99. The molecule has 3 nitrogen and oxygen atoms in total. The molecule has 0 aliphatic carbocycles. The number of pyridine rings is 1. The summed E-state index contributed by atoms with van der Waals surface area (Å²) in [7, 11) is 2.12. The molecule has 0 N–H and O–H groups in total. The van der Waals surface area contributed by atoms with E-state index < -0.39 is 0 Å². The zero-order valence-electron chi connectivity index (χ0n) is 12.4. The van der Waals surface area contributed by atoms with Crippen molar-refractivity contribution >= 4 is 28.2 Å². The summed E-state index contributed by atoms with van der Waals surface area (Å²) in [5.74, 6) is 0.436. The normalized spacial score (nSPS) is 18.9. The number of alkyl halides is 1. The fourth-order valence-corrected chi connectivity index (χ4v) is 3.09. The lowest BCUT2D eigenvalue weighted by atomic mass is 10.1. The number of para-hydroxylation sites is 1. The molecule has 2 aromatic rings. The zero-order valence-corrected chi connectivity index (χ0v) is 13.1. The summed E-state index contributed by atoms with van der Waals surface area (Å²) < 4.78 is 5.86. The van der Waals surface area contributed by atoms with Crippen molar-refractivity contribution in [1.29, 1.82) is 0 Å². The van der Waals surface area contributed by atoms with Gasteiger partial charge in [-0.3, -0.25) is 4.98 Å². The van der Waals surface area contributed by atoms with Gasteiger partial charge in [0.15, 0.2) is 0 Å². The Morgan fingerprint density at radius 3 is 2.95 bits per heavy atom. The van der Waals surface area contributed by atoms with E-state index in [1.54, 1.807) is 0 Å². The van der Waals surface area contributed by atoms with Crippen LogP contribution in [0, 0.1) is 0 Å². The Bertz CT molecular complexity index is 611. The van der Waals surface area contributed by atoms with Crippen molar-refractivity contribution in [3.8, 4) is 0 Å². The molecule has 1 aliphatic heterocycles. The molecule has 0 amide bonds. The Labute approximate surface area is 130 Å². The Morgan fingerprint density at radius 2 is 2.19 bits per heavy atom. The second-order valence-corrected chi connectivity index (χ2v) is 5.92. The predicted octanol–water partition coefficient (Wildman–Crippen LogP) is 3.98.